The number of rotatable bonds is 5. The fraction of sp³-hybridized carbons (Fsp3) is 0.118. The Morgan fingerprint density at radius 2 is 1.84 bits per heavy atom. The highest BCUT2D eigenvalue weighted by Crippen LogP contribution is 2.35. The van der Waals surface area contributed by atoms with Crippen LogP contribution < -0.4 is 11.2 Å². The Hall–Kier alpha value is -2.87. The molecule has 3 aromatic rings. The highest BCUT2D eigenvalue weighted by molar-refractivity contribution is 8.00. The molecule has 128 valence electrons. The summed E-state index contributed by atoms with van der Waals surface area (Å²) in [6, 6.07) is 14.9. The topological polar surface area (TPSA) is 85.8 Å². The fourth-order valence-electron chi connectivity index (χ4n) is 2.18. The minimum Gasteiger partial charge on any atom is -0.336 e. The lowest BCUT2D eigenvalue weighted by Gasteiger charge is -2.16. The average molecular weight is 357 g/mol. The first-order valence-electron chi connectivity index (χ1n) is 7.49. The summed E-state index contributed by atoms with van der Waals surface area (Å²) in [7, 11) is 0. The van der Waals surface area contributed by atoms with Crippen molar-refractivity contribution in [1.82, 2.24) is 14.9 Å². The van der Waals surface area contributed by atoms with E-state index in [9.17, 15) is 9.18 Å². The number of aromatic nitrogens is 3. The predicted octanol–water partition coefficient (Wildman–Crippen LogP) is 2.91. The van der Waals surface area contributed by atoms with Gasteiger partial charge in [-0.15, -0.1) is 10.2 Å². The third kappa shape index (κ3) is 3.97. The third-order valence-corrected chi connectivity index (χ3v) is 4.72. The number of nitrogen functional groups attached to an aromatic ring is 1. The van der Waals surface area contributed by atoms with Gasteiger partial charge in [0.2, 0.25) is 11.1 Å². The molecule has 0 spiro atoms. The molecular weight excluding hydrogens is 341 g/mol. The lowest BCUT2D eigenvalue weighted by atomic mass is 10.1. The normalized spacial score (nSPS) is 11.9. The van der Waals surface area contributed by atoms with Crippen molar-refractivity contribution in [1.29, 1.82) is 0 Å². The van der Waals surface area contributed by atoms with Crippen molar-refractivity contribution in [2.45, 2.75) is 17.3 Å². The summed E-state index contributed by atoms with van der Waals surface area (Å²) in [5, 5.41) is 10.5. The second-order valence-electron chi connectivity index (χ2n) is 5.30. The van der Waals surface area contributed by atoms with Gasteiger partial charge in [-0.3, -0.25) is 4.79 Å². The summed E-state index contributed by atoms with van der Waals surface area (Å²) in [6.45, 7) is 1.73. The minimum atomic E-state index is -0.586. The van der Waals surface area contributed by atoms with Crippen LogP contribution in [0.25, 0.3) is 0 Å². The van der Waals surface area contributed by atoms with Crippen molar-refractivity contribution >= 4 is 23.4 Å². The zero-order valence-corrected chi connectivity index (χ0v) is 14.2. The number of halogens is 1. The van der Waals surface area contributed by atoms with Gasteiger partial charge < -0.3 is 11.2 Å². The summed E-state index contributed by atoms with van der Waals surface area (Å²) < 4.78 is 14.4. The first-order chi connectivity index (χ1) is 12.0. The number of carbonyl (C=O) groups excluding carboxylic acids is 1. The molecule has 3 rings (SSSR count). The maximum atomic E-state index is 13.0. The molecule has 6 nitrogen and oxygen atoms in total. The van der Waals surface area contributed by atoms with E-state index < -0.39 is 5.25 Å². The number of amides is 1. The zero-order valence-electron chi connectivity index (χ0n) is 13.4. The van der Waals surface area contributed by atoms with Crippen LogP contribution in [0.5, 0.6) is 0 Å². The van der Waals surface area contributed by atoms with E-state index in [0.29, 0.717) is 16.7 Å². The molecule has 2 aromatic carbocycles. The molecule has 1 heterocycles. The van der Waals surface area contributed by atoms with Gasteiger partial charge in [0.25, 0.3) is 0 Å². The number of hydrogen-bond donors (Lipinski definition) is 2. The minimum absolute atomic E-state index is 0.261. The Morgan fingerprint density at radius 1 is 1.16 bits per heavy atom. The number of nitrogens with zero attached hydrogens (tertiary/aromatic N) is 3. The SMILES string of the molecule is Cc1nnc(S[C@@H](C(=O)Nc2ccc(F)cc2)c2ccccc2)n1N. The van der Waals surface area contributed by atoms with Gasteiger partial charge in [-0.05, 0) is 36.8 Å². The van der Waals surface area contributed by atoms with Crippen LogP contribution in [0.1, 0.15) is 16.6 Å². The van der Waals surface area contributed by atoms with E-state index in [1.807, 2.05) is 30.3 Å². The van der Waals surface area contributed by atoms with Gasteiger partial charge in [-0.2, -0.15) is 0 Å². The van der Waals surface area contributed by atoms with E-state index in [-0.39, 0.29) is 11.7 Å². The fourth-order valence-corrected chi connectivity index (χ4v) is 3.18. The van der Waals surface area contributed by atoms with E-state index in [4.69, 9.17) is 5.84 Å². The van der Waals surface area contributed by atoms with Gasteiger partial charge in [0, 0.05) is 5.69 Å². The molecule has 0 fully saturated rings. The Morgan fingerprint density at radius 3 is 2.44 bits per heavy atom. The van der Waals surface area contributed by atoms with Crippen LogP contribution in [0.4, 0.5) is 10.1 Å². The Balaban J connectivity index is 1.86. The van der Waals surface area contributed by atoms with Crippen LogP contribution in [0.2, 0.25) is 0 Å². The smallest absolute Gasteiger partial charge is 0.242 e. The van der Waals surface area contributed by atoms with Gasteiger partial charge in [0.1, 0.15) is 16.9 Å². The van der Waals surface area contributed by atoms with Crippen LogP contribution in [0.3, 0.4) is 0 Å². The number of anilines is 1. The van der Waals surface area contributed by atoms with Crippen LogP contribution >= 0.6 is 11.8 Å². The molecule has 0 radical (unpaired) electrons. The van der Waals surface area contributed by atoms with Crippen LogP contribution in [-0.4, -0.2) is 20.8 Å². The van der Waals surface area contributed by atoms with Gasteiger partial charge in [0.15, 0.2) is 0 Å². The summed E-state index contributed by atoms with van der Waals surface area (Å²) in [5.41, 5.74) is 1.31. The number of thioether (sulfide) groups is 1. The summed E-state index contributed by atoms with van der Waals surface area (Å²) >= 11 is 1.20. The van der Waals surface area contributed by atoms with Crippen LogP contribution in [-0.2, 0) is 4.79 Å². The molecule has 0 aliphatic carbocycles. The maximum absolute atomic E-state index is 13.0. The average Bonchev–Trinajstić information content (AvgIpc) is 2.94. The molecule has 0 saturated heterocycles. The zero-order chi connectivity index (χ0) is 17.8. The quantitative estimate of drug-likeness (QED) is 0.542. The van der Waals surface area contributed by atoms with Gasteiger partial charge in [-0.1, -0.05) is 42.1 Å². The number of nitrogens with one attached hydrogen (secondary N) is 1. The second-order valence-corrected chi connectivity index (χ2v) is 6.38. The van der Waals surface area contributed by atoms with Gasteiger partial charge in [-0.25, -0.2) is 9.07 Å². The van der Waals surface area contributed by atoms with E-state index >= 15 is 0 Å². The number of hydrogen-bond acceptors (Lipinski definition) is 5. The first kappa shape index (κ1) is 17.0. The Kier molecular flexibility index (Phi) is 4.99. The molecule has 0 unspecified atom stereocenters. The number of nitrogens with two attached hydrogens (primary N) is 1. The number of aryl methyl sites for hydroxylation is 1. The van der Waals surface area contributed by atoms with Crippen molar-refractivity contribution in [3.63, 3.8) is 0 Å². The van der Waals surface area contributed by atoms with Gasteiger partial charge in [0.05, 0.1) is 0 Å². The largest absolute Gasteiger partial charge is 0.336 e. The molecule has 1 amide bonds. The molecule has 0 aliphatic rings. The van der Waals surface area contributed by atoms with E-state index in [1.54, 1.807) is 6.92 Å². The Bertz CT molecular complexity index is 867. The Labute approximate surface area is 148 Å². The van der Waals surface area contributed by atoms with Crippen molar-refractivity contribution in [3.05, 3.63) is 71.8 Å². The van der Waals surface area contributed by atoms with Gasteiger partial charge >= 0.3 is 0 Å². The molecule has 3 N–H and O–H groups in total. The van der Waals surface area contributed by atoms with Crippen LogP contribution in [0, 0.1) is 12.7 Å². The van der Waals surface area contributed by atoms with Crippen molar-refractivity contribution in [3.8, 4) is 0 Å². The van der Waals surface area contributed by atoms with E-state index in [2.05, 4.69) is 15.5 Å². The van der Waals surface area contributed by atoms with Crippen LogP contribution in [0.15, 0.2) is 59.8 Å². The molecule has 25 heavy (non-hydrogen) atoms. The highest BCUT2D eigenvalue weighted by atomic mass is 32.2. The van der Waals surface area contributed by atoms with Crippen molar-refractivity contribution in [2.75, 3.05) is 11.2 Å². The summed E-state index contributed by atoms with van der Waals surface area (Å²) in [6.07, 6.45) is 0. The summed E-state index contributed by atoms with van der Waals surface area (Å²) in [5.74, 6) is 5.82. The molecular formula is C17H16FN5OS. The second kappa shape index (κ2) is 7.35. The molecule has 1 atom stereocenters. The highest BCUT2D eigenvalue weighted by Gasteiger charge is 2.25. The molecule has 0 bridgehead atoms. The maximum Gasteiger partial charge on any atom is 0.242 e. The number of benzene rings is 2. The van der Waals surface area contributed by atoms with E-state index in [1.165, 1.54) is 40.7 Å². The molecule has 0 saturated carbocycles. The summed E-state index contributed by atoms with van der Waals surface area (Å²) in [4.78, 5) is 12.8. The molecule has 8 heteroatoms. The third-order valence-electron chi connectivity index (χ3n) is 3.51. The lowest BCUT2D eigenvalue weighted by molar-refractivity contribution is -0.115. The first-order valence-corrected chi connectivity index (χ1v) is 8.37. The van der Waals surface area contributed by atoms with E-state index in [0.717, 1.165) is 5.56 Å². The van der Waals surface area contributed by atoms with Crippen molar-refractivity contribution in [2.24, 2.45) is 0 Å². The van der Waals surface area contributed by atoms with Crippen molar-refractivity contribution < 1.29 is 9.18 Å². The lowest BCUT2D eigenvalue weighted by Crippen LogP contribution is -2.20. The monoisotopic (exact) mass is 357 g/mol. The predicted molar refractivity (Wildman–Crippen MR) is 95.0 cm³/mol. The standard InChI is InChI=1S/C17H16FN5OS/c1-11-21-22-17(23(11)19)25-15(12-5-3-2-4-6-12)16(24)20-14-9-7-13(18)8-10-14/h2-10,15H,19H2,1H3,(H,20,24)/t15-/m1/s1. The molecule has 0 aliphatic heterocycles. The number of carbonyl (C=O) groups is 1. The molecule has 1 aromatic heterocycles.